The highest BCUT2D eigenvalue weighted by Crippen LogP contribution is 2.32. The van der Waals surface area contributed by atoms with Gasteiger partial charge in [-0.05, 0) is 42.7 Å². The van der Waals surface area contributed by atoms with Crippen molar-refractivity contribution < 1.29 is 27.5 Å². The number of carbonyl (C=O) groups excluding carboxylic acids is 2. The van der Waals surface area contributed by atoms with Crippen LogP contribution in [-0.4, -0.2) is 64.7 Å². The second kappa shape index (κ2) is 13.7. The lowest BCUT2D eigenvalue weighted by Gasteiger charge is -2.33. The fourth-order valence-corrected chi connectivity index (χ4v) is 5.02. The number of rotatable bonds is 13. The fraction of sp³-hybridized carbons (Fsp3) is 0.440. The van der Waals surface area contributed by atoms with E-state index in [-0.39, 0.29) is 18.1 Å². The molecule has 0 bridgehead atoms. The molecule has 2 amide bonds. The Bertz CT molecular complexity index is 1210. The molecule has 0 fully saturated rings. The zero-order chi connectivity index (χ0) is 27.8. The maximum absolute atomic E-state index is 13.7. The number of benzene rings is 2. The third kappa shape index (κ3) is 8.15. The van der Waals surface area contributed by atoms with Gasteiger partial charge in [0.25, 0.3) is 0 Å². The summed E-state index contributed by atoms with van der Waals surface area (Å²) < 4.78 is 37.0. The molecule has 0 unspecified atom stereocenters. The molecule has 0 saturated carbocycles. The van der Waals surface area contributed by atoms with Gasteiger partial charge >= 0.3 is 0 Å². The van der Waals surface area contributed by atoms with Crippen molar-refractivity contribution in [3.63, 3.8) is 0 Å². The van der Waals surface area contributed by atoms with Gasteiger partial charge in [0.2, 0.25) is 21.8 Å². The quantitative estimate of drug-likeness (QED) is 0.386. The van der Waals surface area contributed by atoms with Crippen molar-refractivity contribution in [1.82, 2.24) is 10.2 Å². The van der Waals surface area contributed by atoms with Crippen LogP contribution < -0.4 is 19.1 Å². The van der Waals surface area contributed by atoms with Crippen molar-refractivity contribution in [2.24, 2.45) is 0 Å². The van der Waals surface area contributed by atoms with E-state index >= 15 is 0 Å². The summed E-state index contributed by atoms with van der Waals surface area (Å²) in [5, 5.41) is 3.58. The van der Waals surface area contributed by atoms with E-state index in [9.17, 15) is 18.0 Å². The summed E-state index contributed by atoms with van der Waals surface area (Å²) in [4.78, 5) is 28.1. The standard InChI is InChI=1S/C25H33Cl2N3O6S/c1-6-12-28-25(32)21(7-2)29(15-17-8-9-18(26)13-20(17)27)24(31)16-30(37(5,33)34)19-10-11-22(35-3)23(14-19)36-4/h8-11,13-14,21H,6-7,12,15-16H2,1-5H3,(H,28,32)/t21-/m1/s1. The fourth-order valence-electron chi connectivity index (χ4n) is 3.71. The molecule has 0 spiro atoms. The summed E-state index contributed by atoms with van der Waals surface area (Å²) in [7, 11) is -1.01. The van der Waals surface area contributed by atoms with Crippen LogP contribution in [0.1, 0.15) is 32.3 Å². The van der Waals surface area contributed by atoms with Gasteiger partial charge < -0.3 is 19.7 Å². The Morgan fingerprint density at radius 2 is 1.70 bits per heavy atom. The third-order valence-corrected chi connectivity index (χ3v) is 7.35. The Morgan fingerprint density at radius 1 is 1.03 bits per heavy atom. The van der Waals surface area contributed by atoms with E-state index in [1.165, 1.54) is 31.3 Å². The zero-order valence-electron chi connectivity index (χ0n) is 21.6. The molecule has 1 atom stereocenters. The molecule has 2 aromatic carbocycles. The molecule has 0 heterocycles. The van der Waals surface area contributed by atoms with Crippen LogP contribution in [0, 0.1) is 0 Å². The van der Waals surface area contributed by atoms with Crippen molar-refractivity contribution in [2.75, 3.05) is 37.9 Å². The van der Waals surface area contributed by atoms with E-state index in [4.69, 9.17) is 32.7 Å². The van der Waals surface area contributed by atoms with Gasteiger partial charge in [0, 0.05) is 29.2 Å². The maximum Gasteiger partial charge on any atom is 0.244 e. The summed E-state index contributed by atoms with van der Waals surface area (Å²) in [5.74, 6) is -0.204. The normalized spacial score (nSPS) is 12.0. The van der Waals surface area contributed by atoms with E-state index in [1.54, 1.807) is 31.2 Å². The molecule has 0 aromatic heterocycles. The minimum Gasteiger partial charge on any atom is -0.493 e. The van der Waals surface area contributed by atoms with Crippen molar-refractivity contribution >= 4 is 50.7 Å². The van der Waals surface area contributed by atoms with Gasteiger partial charge in [0.1, 0.15) is 12.6 Å². The van der Waals surface area contributed by atoms with Gasteiger partial charge in [-0.3, -0.25) is 13.9 Å². The van der Waals surface area contributed by atoms with Crippen LogP contribution in [-0.2, 0) is 26.2 Å². The number of nitrogens with zero attached hydrogens (tertiary/aromatic N) is 2. The molecule has 9 nitrogen and oxygen atoms in total. The van der Waals surface area contributed by atoms with E-state index in [0.717, 1.165) is 17.0 Å². The number of anilines is 1. The Hall–Kier alpha value is -2.69. The highest BCUT2D eigenvalue weighted by molar-refractivity contribution is 7.92. The molecule has 0 aliphatic rings. The number of carbonyl (C=O) groups is 2. The zero-order valence-corrected chi connectivity index (χ0v) is 23.9. The van der Waals surface area contributed by atoms with Crippen LogP contribution in [0.2, 0.25) is 10.0 Å². The molecule has 0 saturated heterocycles. The van der Waals surface area contributed by atoms with Crippen molar-refractivity contribution in [2.45, 2.75) is 39.3 Å². The van der Waals surface area contributed by atoms with Gasteiger partial charge in [0.05, 0.1) is 26.2 Å². The average Bonchev–Trinajstić information content (AvgIpc) is 2.85. The number of ether oxygens (including phenoxy) is 2. The topological polar surface area (TPSA) is 105 Å². The monoisotopic (exact) mass is 573 g/mol. The van der Waals surface area contributed by atoms with Gasteiger partial charge in [-0.15, -0.1) is 0 Å². The molecule has 12 heteroatoms. The highest BCUT2D eigenvalue weighted by atomic mass is 35.5. The van der Waals surface area contributed by atoms with Crippen LogP contribution in [0.3, 0.4) is 0 Å². The molecular weight excluding hydrogens is 541 g/mol. The second-order valence-electron chi connectivity index (χ2n) is 8.28. The molecule has 0 radical (unpaired) electrons. The lowest BCUT2D eigenvalue weighted by molar-refractivity contribution is -0.140. The first-order chi connectivity index (χ1) is 17.5. The number of amides is 2. The van der Waals surface area contributed by atoms with Crippen LogP contribution in [0.5, 0.6) is 11.5 Å². The summed E-state index contributed by atoms with van der Waals surface area (Å²) in [6, 6.07) is 8.54. The highest BCUT2D eigenvalue weighted by Gasteiger charge is 2.32. The van der Waals surface area contributed by atoms with E-state index < -0.39 is 28.5 Å². The van der Waals surface area contributed by atoms with Gasteiger partial charge in [0.15, 0.2) is 11.5 Å². The van der Waals surface area contributed by atoms with Crippen LogP contribution in [0.15, 0.2) is 36.4 Å². The van der Waals surface area contributed by atoms with Crippen molar-refractivity contribution in [3.05, 3.63) is 52.0 Å². The summed E-state index contributed by atoms with van der Waals surface area (Å²) in [6.07, 6.45) is 2.03. The number of nitrogens with one attached hydrogen (secondary N) is 1. The largest absolute Gasteiger partial charge is 0.493 e. The molecule has 204 valence electrons. The molecular formula is C25H33Cl2N3O6S. The predicted molar refractivity (Wildman–Crippen MR) is 146 cm³/mol. The predicted octanol–water partition coefficient (Wildman–Crippen LogP) is 4.11. The summed E-state index contributed by atoms with van der Waals surface area (Å²) in [5.41, 5.74) is 0.777. The minimum atomic E-state index is -3.90. The Morgan fingerprint density at radius 3 is 2.24 bits per heavy atom. The van der Waals surface area contributed by atoms with Crippen LogP contribution in [0.25, 0.3) is 0 Å². The first kappa shape index (κ1) is 30.5. The number of methoxy groups -OCH3 is 2. The minimum absolute atomic E-state index is 0.0174. The average molecular weight is 575 g/mol. The number of halogens is 2. The number of hydrogen-bond donors (Lipinski definition) is 1. The van der Waals surface area contributed by atoms with Crippen molar-refractivity contribution in [3.8, 4) is 11.5 Å². The number of hydrogen-bond acceptors (Lipinski definition) is 6. The Balaban J connectivity index is 2.50. The SMILES string of the molecule is CCCNC(=O)[C@@H](CC)N(Cc1ccc(Cl)cc1Cl)C(=O)CN(c1ccc(OC)c(OC)c1)S(C)(=O)=O. The van der Waals surface area contributed by atoms with E-state index in [2.05, 4.69) is 5.32 Å². The molecule has 0 aliphatic carbocycles. The Labute approximate surface area is 228 Å². The van der Waals surface area contributed by atoms with Crippen LogP contribution >= 0.6 is 23.2 Å². The smallest absolute Gasteiger partial charge is 0.244 e. The Kier molecular flexibility index (Phi) is 11.3. The maximum atomic E-state index is 13.7. The first-order valence-electron chi connectivity index (χ1n) is 11.7. The lowest BCUT2D eigenvalue weighted by Crippen LogP contribution is -2.52. The van der Waals surface area contributed by atoms with Crippen LogP contribution in [0.4, 0.5) is 5.69 Å². The number of sulfonamides is 1. The second-order valence-corrected chi connectivity index (χ2v) is 11.0. The van der Waals surface area contributed by atoms with Gasteiger partial charge in [-0.25, -0.2) is 8.42 Å². The molecule has 0 aliphatic heterocycles. The first-order valence-corrected chi connectivity index (χ1v) is 14.3. The van der Waals surface area contributed by atoms with E-state index in [1.807, 2.05) is 6.92 Å². The molecule has 37 heavy (non-hydrogen) atoms. The molecule has 1 N–H and O–H groups in total. The van der Waals surface area contributed by atoms with Crippen molar-refractivity contribution in [1.29, 1.82) is 0 Å². The summed E-state index contributed by atoms with van der Waals surface area (Å²) >= 11 is 12.4. The van der Waals surface area contributed by atoms with E-state index in [0.29, 0.717) is 40.1 Å². The molecule has 2 aromatic rings. The lowest BCUT2D eigenvalue weighted by atomic mass is 10.1. The third-order valence-electron chi connectivity index (χ3n) is 5.63. The van der Waals surface area contributed by atoms with Gasteiger partial charge in [-0.2, -0.15) is 0 Å². The summed E-state index contributed by atoms with van der Waals surface area (Å²) in [6.45, 7) is 3.58. The molecule has 2 rings (SSSR count). The van der Waals surface area contributed by atoms with Gasteiger partial charge in [-0.1, -0.05) is 43.1 Å².